The van der Waals surface area contributed by atoms with E-state index >= 15 is 0 Å². The summed E-state index contributed by atoms with van der Waals surface area (Å²) in [6.07, 6.45) is 1.23. The lowest BCUT2D eigenvalue weighted by Gasteiger charge is -2.35. The number of aliphatic hydroxyl groups excluding tert-OH is 1. The van der Waals surface area contributed by atoms with Crippen molar-refractivity contribution in [3.63, 3.8) is 0 Å². The van der Waals surface area contributed by atoms with E-state index in [0.717, 1.165) is 56.7 Å². The van der Waals surface area contributed by atoms with Gasteiger partial charge in [0, 0.05) is 50.1 Å². The van der Waals surface area contributed by atoms with Crippen LogP contribution in [-0.4, -0.2) is 66.9 Å². The third kappa shape index (κ3) is 7.80. The van der Waals surface area contributed by atoms with Crippen molar-refractivity contribution in [2.24, 2.45) is 0 Å². The second kappa shape index (κ2) is 12.5. The fraction of sp³-hybridized carbons (Fsp3) is 0.407. The number of rotatable bonds is 11. The number of hydrogen-bond acceptors (Lipinski definition) is 5. The van der Waals surface area contributed by atoms with Gasteiger partial charge in [-0.2, -0.15) is 0 Å². The first-order valence-corrected chi connectivity index (χ1v) is 12.8. The zero-order valence-corrected chi connectivity index (χ0v) is 20.4. The van der Waals surface area contributed by atoms with Gasteiger partial charge in [-0.05, 0) is 54.8 Å². The number of hydrogen-bond donors (Lipinski definition) is 1. The van der Waals surface area contributed by atoms with Crippen molar-refractivity contribution in [2.45, 2.75) is 24.9 Å². The van der Waals surface area contributed by atoms with E-state index in [2.05, 4.69) is 9.80 Å². The molecule has 2 heterocycles. The summed E-state index contributed by atoms with van der Waals surface area (Å²) in [6.45, 7) is 5.19. The molecule has 1 aromatic heterocycles. The zero-order chi connectivity index (χ0) is 24.6. The van der Waals surface area contributed by atoms with E-state index in [0.29, 0.717) is 11.6 Å². The van der Waals surface area contributed by atoms with Crippen LogP contribution < -0.4 is 4.74 Å². The molecular weight excluding hydrogens is 473 g/mol. The maximum Gasteiger partial charge on any atom is 0.176 e. The predicted octanol–water partition coefficient (Wildman–Crippen LogP) is 5.14. The molecule has 4 rings (SSSR count). The van der Waals surface area contributed by atoms with Crippen LogP contribution in [0.2, 0.25) is 0 Å². The van der Waals surface area contributed by atoms with E-state index in [4.69, 9.17) is 4.74 Å². The Labute approximate surface area is 208 Å². The van der Waals surface area contributed by atoms with Gasteiger partial charge in [0.25, 0.3) is 0 Å². The third-order valence-electron chi connectivity index (χ3n) is 6.41. The predicted molar refractivity (Wildman–Crippen MR) is 133 cm³/mol. The number of nitrogens with zero attached hydrogens (tertiary/aromatic N) is 2. The van der Waals surface area contributed by atoms with Crippen LogP contribution in [0, 0.1) is 17.5 Å². The van der Waals surface area contributed by atoms with Gasteiger partial charge in [0.2, 0.25) is 0 Å². The second-order valence-electron chi connectivity index (χ2n) is 8.99. The van der Waals surface area contributed by atoms with Gasteiger partial charge in [0.15, 0.2) is 5.06 Å². The van der Waals surface area contributed by atoms with Crippen LogP contribution in [0.25, 0.3) is 0 Å². The molecule has 188 valence electrons. The molecule has 8 heteroatoms. The number of halogens is 3. The van der Waals surface area contributed by atoms with Crippen LogP contribution >= 0.6 is 11.3 Å². The molecule has 1 unspecified atom stereocenters. The molecule has 1 saturated heterocycles. The van der Waals surface area contributed by atoms with Gasteiger partial charge in [-0.1, -0.05) is 24.3 Å². The number of piperazine rings is 1. The van der Waals surface area contributed by atoms with E-state index < -0.39 is 6.10 Å². The summed E-state index contributed by atoms with van der Waals surface area (Å²) in [5.41, 5.74) is 2.06. The van der Waals surface area contributed by atoms with Gasteiger partial charge < -0.3 is 14.7 Å². The normalized spacial score (nSPS) is 16.0. The Kier molecular flexibility index (Phi) is 9.20. The lowest BCUT2D eigenvalue weighted by atomic mass is 9.87. The SMILES string of the molecule is OC(COc1cc(F)cs1)CN1CCN(CCCC(c2ccc(F)cc2)c2ccc(F)cc2)CC1. The zero-order valence-electron chi connectivity index (χ0n) is 19.6. The van der Waals surface area contributed by atoms with Crippen molar-refractivity contribution in [3.05, 3.63) is 88.6 Å². The standard InChI is InChI=1S/C27H31F3N2O2S/c28-22-7-3-20(4-8-22)26(21-5-9-23(29)10-6-21)2-1-11-31-12-14-32(15-13-31)17-25(33)18-34-27-16-24(30)19-35-27/h3-10,16,19,25-26,33H,1-2,11-15,17-18H2. The fourth-order valence-corrected chi connectivity index (χ4v) is 5.14. The first-order chi connectivity index (χ1) is 17.0. The molecule has 1 fully saturated rings. The molecule has 2 aromatic carbocycles. The van der Waals surface area contributed by atoms with Gasteiger partial charge in [-0.15, -0.1) is 11.3 Å². The summed E-state index contributed by atoms with van der Waals surface area (Å²) in [4.78, 5) is 4.64. The highest BCUT2D eigenvalue weighted by atomic mass is 32.1. The van der Waals surface area contributed by atoms with Crippen molar-refractivity contribution in [1.29, 1.82) is 0 Å². The smallest absolute Gasteiger partial charge is 0.176 e. The van der Waals surface area contributed by atoms with Crippen molar-refractivity contribution < 1.29 is 23.0 Å². The molecule has 1 aliphatic heterocycles. The average molecular weight is 505 g/mol. The molecule has 1 aliphatic rings. The molecular formula is C27H31F3N2O2S. The number of thiophene rings is 1. The van der Waals surface area contributed by atoms with Crippen LogP contribution in [0.15, 0.2) is 60.0 Å². The largest absolute Gasteiger partial charge is 0.481 e. The van der Waals surface area contributed by atoms with Crippen LogP contribution in [0.5, 0.6) is 5.06 Å². The van der Waals surface area contributed by atoms with E-state index in [1.807, 2.05) is 24.3 Å². The Balaban J connectivity index is 1.21. The third-order valence-corrected chi connectivity index (χ3v) is 7.22. The Bertz CT molecular complexity index is 992. The Morgan fingerprint density at radius 2 is 1.40 bits per heavy atom. The number of benzene rings is 2. The summed E-state index contributed by atoms with van der Waals surface area (Å²) in [5, 5.41) is 12.1. The Hall–Kier alpha value is -2.39. The molecule has 0 saturated carbocycles. The van der Waals surface area contributed by atoms with Crippen LogP contribution in [0.4, 0.5) is 13.2 Å². The minimum Gasteiger partial charge on any atom is -0.481 e. The van der Waals surface area contributed by atoms with Gasteiger partial charge >= 0.3 is 0 Å². The topological polar surface area (TPSA) is 35.9 Å². The first-order valence-electron chi connectivity index (χ1n) is 12.0. The van der Waals surface area contributed by atoms with Crippen LogP contribution in [-0.2, 0) is 0 Å². The van der Waals surface area contributed by atoms with E-state index in [-0.39, 0.29) is 30.0 Å². The molecule has 3 aromatic rings. The van der Waals surface area contributed by atoms with Crippen LogP contribution in [0.3, 0.4) is 0 Å². The monoisotopic (exact) mass is 504 g/mol. The maximum atomic E-state index is 13.4. The van der Waals surface area contributed by atoms with Crippen LogP contribution in [0.1, 0.15) is 29.9 Å². The lowest BCUT2D eigenvalue weighted by Crippen LogP contribution is -2.49. The molecule has 0 aliphatic carbocycles. The van der Waals surface area contributed by atoms with E-state index in [1.165, 1.54) is 47.0 Å². The van der Waals surface area contributed by atoms with E-state index in [1.54, 1.807) is 0 Å². The highest BCUT2D eigenvalue weighted by Gasteiger charge is 2.21. The summed E-state index contributed by atoms with van der Waals surface area (Å²) in [5.74, 6) is -0.759. The van der Waals surface area contributed by atoms with Crippen molar-refractivity contribution in [2.75, 3.05) is 45.9 Å². The molecule has 35 heavy (non-hydrogen) atoms. The van der Waals surface area contributed by atoms with Gasteiger partial charge in [-0.3, -0.25) is 4.90 Å². The quantitative estimate of drug-likeness (QED) is 0.393. The lowest BCUT2D eigenvalue weighted by molar-refractivity contribution is 0.0466. The fourth-order valence-electron chi connectivity index (χ4n) is 4.53. The number of β-amino-alcohol motifs (C(OH)–C–C–N with tert-alkyl or cyclic N) is 1. The average Bonchev–Trinajstić information content (AvgIpc) is 3.28. The molecule has 1 N–H and O–H groups in total. The second-order valence-corrected chi connectivity index (χ2v) is 9.86. The molecule has 0 radical (unpaired) electrons. The highest BCUT2D eigenvalue weighted by Crippen LogP contribution is 2.30. The van der Waals surface area contributed by atoms with E-state index in [9.17, 15) is 18.3 Å². The summed E-state index contributed by atoms with van der Waals surface area (Å²) in [7, 11) is 0. The summed E-state index contributed by atoms with van der Waals surface area (Å²) < 4.78 is 45.4. The Morgan fingerprint density at radius 1 is 0.829 bits per heavy atom. The molecule has 0 amide bonds. The summed E-state index contributed by atoms with van der Waals surface area (Å²) in [6, 6.07) is 14.5. The molecule has 1 atom stereocenters. The number of ether oxygens (including phenoxy) is 1. The minimum absolute atomic E-state index is 0.0875. The van der Waals surface area contributed by atoms with Gasteiger partial charge in [0.05, 0.1) is 0 Å². The van der Waals surface area contributed by atoms with Crippen molar-refractivity contribution in [1.82, 2.24) is 9.80 Å². The van der Waals surface area contributed by atoms with Gasteiger partial charge in [0.1, 0.15) is 30.2 Å². The number of aliphatic hydroxyl groups is 1. The first kappa shape index (κ1) is 25.7. The molecule has 0 spiro atoms. The molecule has 4 nitrogen and oxygen atoms in total. The molecule has 0 bridgehead atoms. The van der Waals surface area contributed by atoms with Crippen molar-refractivity contribution >= 4 is 11.3 Å². The Morgan fingerprint density at radius 3 is 1.94 bits per heavy atom. The summed E-state index contributed by atoms with van der Waals surface area (Å²) >= 11 is 1.18. The highest BCUT2D eigenvalue weighted by molar-refractivity contribution is 7.11. The van der Waals surface area contributed by atoms with Gasteiger partial charge in [-0.25, -0.2) is 13.2 Å². The van der Waals surface area contributed by atoms with Crippen molar-refractivity contribution in [3.8, 4) is 5.06 Å². The minimum atomic E-state index is -0.626. The maximum absolute atomic E-state index is 13.4.